The molecule has 0 aromatic carbocycles. The number of hydrogen-bond donors (Lipinski definition) is 2. The van der Waals surface area contributed by atoms with Crippen LogP contribution < -0.4 is 11.1 Å². The minimum absolute atomic E-state index is 0.0651. The van der Waals surface area contributed by atoms with E-state index >= 15 is 0 Å². The zero-order valence-electron chi connectivity index (χ0n) is 11.0. The molecule has 15 heavy (non-hydrogen) atoms. The Balaban J connectivity index is 0. The molecule has 0 aliphatic carbocycles. The molecule has 0 aliphatic rings. The number of hydrogen-bond acceptors (Lipinski definition) is 2. The van der Waals surface area contributed by atoms with Crippen LogP contribution in [0.25, 0.3) is 0 Å². The second-order valence-corrected chi connectivity index (χ2v) is 4.20. The van der Waals surface area contributed by atoms with Crippen molar-refractivity contribution in [2.75, 3.05) is 13.1 Å². The summed E-state index contributed by atoms with van der Waals surface area (Å²) in [6.45, 7) is 11.7. The van der Waals surface area contributed by atoms with E-state index in [1.54, 1.807) is 6.92 Å². The highest BCUT2D eigenvalue weighted by Crippen LogP contribution is 1.96. The van der Waals surface area contributed by atoms with Gasteiger partial charge < -0.3 is 11.1 Å². The summed E-state index contributed by atoms with van der Waals surface area (Å²) in [4.78, 5) is 10.4. The molecule has 3 nitrogen and oxygen atoms in total. The summed E-state index contributed by atoms with van der Waals surface area (Å²) < 4.78 is 0. The lowest BCUT2D eigenvalue weighted by molar-refractivity contribution is -0.119. The van der Waals surface area contributed by atoms with Gasteiger partial charge in [-0.25, -0.2) is 0 Å². The maximum atomic E-state index is 10.4. The van der Waals surface area contributed by atoms with Crippen LogP contribution in [0.2, 0.25) is 0 Å². The van der Waals surface area contributed by atoms with E-state index in [0.717, 1.165) is 19.5 Å². The Morgan fingerprint density at radius 2 is 1.67 bits per heavy atom. The average molecular weight is 216 g/mol. The molecule has 3 N–H and O–H groups in total. The molecule has 0 saturated heterocycles. The number of carbonyl (C=O) groups is 1. The quantitative estimate of drug-likeness (QED) is 0.740. The monoisotopic (exact) mass is 216 g/mol. The van der Waals surface area contributed by atoms with Crippen LogP contribution in [-0.2, 0) is 4.79 Å². The van der Waals surface area contributed by atoms with Gasteiger partial charge in [-0.05, 0) is 18.4 Å². The molecule has 0 saturated carbocycles. The molecular weight excluding hydrogens is 188 g/mol. The Kier molecular flexibility index (Phi) is 12.9. The van der Waals surface area contributed by atoms with Crippen molar-refractivity contribution in [1.29, 1.82) is 0 Å². The summed E-state index contributed by atoms with van der Waals surface area (Å²) >= 11 is 0. The van der Waals surface area contributed by atoms with Crippen LogP contribution in [0.1, 0.15) is 47.5 Å². The van der Waals surface area contributed by atoms with Crippen LogP contribution in [-0.4, -0.2) is 19.0 Å². The van der Waals surface area contributed by atoms with Crippen molar-refractivity contribution in [3.05, 3.63) is 0 Å². The van der Waals surface area contributed by atoms with E-state index in [1.807, 2.05) is 0 Å². The van der Waals surface area contributed by atoms with E-state index in [4.69, 9.17) is 5.73 Å². The Morgan fingerprint density at radius 3 is 1.87 bits per heavy atom. The molecule has 2 unspecified atom stereocenters. The van der Waals surface area contributed by atoms with Crippen molar-refractivity contribution in [1.82, 2.24) is 5.32 Å². The van der Waals surface area contributed by atoms with Crippen molar-refractivity contribution in [2.24, 2.45) is 17.6 Å². The van der Waals surface area contributed by atoms with Crippen molar-refractivity contribution in [3.8, 4) is 0 Å². The van der Waals surface area contributed by atoms with Gasteiger partial charge in [0.1, 0.15) is 0 Å². The summed E-state index contributed by atoms with van der Waals surface area (Å²) in [6.07, 6.45) is 2.33. The molecule has 0 radical (unpaired) electrons. The third kappa shape index (κ3) is 16.1. The fourth-order valence-corrected chi connectivity index (χ4v) is 0.629. The van der Waals surface area contributed by atoms with Gasteiger partial charge in [0.2, 0.25) is 5.91 Å². The molecular formula is C12H28N2O. The maximum Gasteiger partial charge on any atom is 0.216 e. The van der Waals surface area contributed by atoms with Crippen molar-refractivity contribution >= 4 is 5.91 Å². The van der Waals surface area contributed by atoms with Gasteiger partial charge in [-0.1, -0.05) is 40.5 Å². The van der Waals surface area contributed by atoms with E-state index in [2.05, 4.69) is 33.0 Å². The SMILES string of the molecule is CCC(C)CN.CCC(C)CNC(C)=O. The lowest BCUT2D eigenvalue weighted by Crippen LogP contribution is -2.25. The first-order chi connectivity index (χ1) is 6.97. The smallest absolute Gasteiger partial charge is 0.216 e. The standard InChI is InChI=1S/C7H15NO.C5H13N/c1-4-6(2)5-8-7(3)9;1-3-5(2)4-6/h6H,4-5H2,1-3H3,(H,8,9);5H,3-4,6H2,1-2H3. The Bertz CT molecular complexity index is 145. The zero-order chi connectivity index (χ0) is 12.3. The van der Waals surface area contributed by atoms with Gasteiger partial charge in [0, 0.05) is 13.5 Å². The Labute approximate surface area is 94.8 Å². The second-order valence-electron chi connectivity index (χ2n) is 4.20. The number of amides is 1. The first-order valence-corrected chi connectivity index (χ1v) is 5.92. The highest BCUT2D eigenvalue weighted by molar-refractivity contribution is 5.72. The molecule has 0 aliphatic heterocycles. The van der Waals surface area contributed by atoms with E-state index in [1.165, 1.54) is 6.42 Å². The number of carbonyl (C=O) groups excluding carboxylic acids is 1. The van der Waals surface area contributed by atoms with E-state index in [9.17, 15) is 4.79 Å². The predicted octanol–water partition coefficient (Wildman–Crippen LogP) is 2.16. The fourth-order valence-electron chi connectivity index (χ4n) is 0.629. The molecule has 0 rings (SSSR count). The predicted molar refractivity (Wildman–Crippen MR) is 66.6 cm³/mol. The molecule has 92 valence electrons. The van der Waals surface area contributed by atoms with Crippen LogP contribution in [0.4, 0.5) is 0 Å². The first kappa shape index (κ1) is 16.8. The largest absolute Gasteiger partial charge is 0.356 e. The topological polar surface area (TPSA) is 55.1 Å². The Hall–Kier alpha value is -0.570. The van der Waals surface area contributed by atoms with Crippen molar-refractivity contribution in [3.63, 3.8) is 0 Å². The summed E-state index contributed by atoms with van der Waals surface area (Å²) in [5, 5.41) is 2.76. The van der Waals surface area contributed by atoms with Gasteiger partial charge in [0.15, 0.2) is 0 Å². The van der Waals surface area contributed by atoms with Crippen molar-refractivity contribution in [2.45, 2.75) is 47.5 Å². The van der Waals surface area contributed by atoms with Gasteiger partial charge in [0.25, 0.3) is 0 Å². The number of nitrogens with one attached hydrogen (secondary N) is 1. The normalized spacial score (nSPS) is 13.5. The third-order valence-electron chi connectivity index (χ3n) is 2.50. The minimum Gasteiger partial charge on any atom is -0.356 e. The van der Waals surface area contributed by atoms with Gasteiger partial charge in [0.05, 0.1) is 0 Å². The highest BCUT2D eigenvalue weighted by atomic mass is 16.1. The van der Waals surface area contributed by atoms with E-state index in [0.29, 0.717) is 11.8 Å². The summed E-state index contributed by atoms with van der Waals surface area (Å²) in [5.74, 6) is 1.38. The number of nitrogens with two attached hydrogens (primary N) is 1. The lowest BCUT2D eigenvalue weighted by Gasteiger charge is -2.07. The molecule has 0 aromatic rings. The van der Waals surface area contributed by atoms with Gasteiger partial charge in [-0.2, -0.15) is 0 Å². The lowest BCUT2D eigenvalue weighted by atomic mass is 10.1. The fraction of sp³-hybridized carbons (Fsp3) is 0.917. The van der Waals surface area contributed by atoms with Crippen LogP contribution in [0.3, 0.4) is 0 Å². The molecule has 1 amide bonds. The third-order valence-corrected chi connectivity index (χ3v) is 2.50. The van der Waals surface area contributed by atoms with Gasteiger partial charge in [-0.3, -0.25) is 4.79 Å². The van der Waals surface area contributed by atoms with Crippen LogP contribution in [0.5, 0.6) is 0 Å². The molecule has 0 fully saturated rings. The van der Waals surface area contributed by atoms with Crippen LogP contribution >= 0.6 is 0 Å². The van der Waals surface area contributed by atoms with E-state index in [-0.39, 0.29) is 5.91 Å². The molecule has 3 heteroatoms. The highest BCUT2D eigenvalue weighted by Gasteiger charge is 1.97. The minimum atomic E-state index is 0.0651. The summed E-state index contributed by atoms with van der Waals surface area (Å²) in [5.41, 5.74) is 5.28. The first-order valence-electron chi connectivity index (χ1n) is 5.92. The second kappa shape index (κ2) is 11.5. The van der Waals surface area contributed by atoms with Gasteiger partial charge in [-0.15, -0.1) is 0 Å². The number of rotatable bonds is 5. The van der Waals surface area contributed by atoms with Gasteiger partial charge >= 0.3 is 0 Å². The average Bonchev–Trinajstić information content (AvgIpc) is 2.25. The molecule has 0 heterocycles. The summed E-state index contributed by atoms with van der Waals surface area (Å²) in [6, 6.07) is 0. The van der Waals surface area contributed by atoms with Crippen LogP contribution in [0.15, 0.2) is 0 Å². The molecule has 0 aromatic heterocycles. The van der Waals surface area contributed by atoms with E-state index < -0.39 is 0 Å². The molecule has 0 spiro atoms. The molecule has 2 atom stereocenters. The van der Waals surface area contributed by atoms with Crippen LogP contribution in [0, 0.1) is 11.8 Å². The zero-order valence-corrected chi connectivity index (χ0v) is 11.0. The Morgan fingerprint density at radius 1 is 1.20 bits per heavy atom. The molecule has 0 bridgehead atoms. The van der Waals surface area contributed by atoms with Crippen molar-refractivity contribution < 1.29 is 4.79 Å². The maximum absolute atomic E-state index is 10.4. The summed E-state index contributed by atoms with van der Waals surface area (Å²) in [7, 11) is 0.